The van der Waals surface area contributed by atoms with E-state index in [4.69, 9.17) is 4.74 Å². The number of ether oxygens (including phenoxy) is 1. The maximum Gasteiger partial charge on any atom is 0.302 e. The summed E-state index contributed by atoms with van der Waals surface area (Å²) in [6.45, 7) is 7.76. The van der Waals surface area contributed by atoms with E-state index in [1.54, 1.807) is 0 Å². The van der Waals surface area contributed by atoms with Crippen LogP contribution in [0.3, 0.4) is 0 Å². The molecule has 0 amide bonds. The van der Waals surface area contributed by atoms with Crippen molar-refractivity contribution in [3.05, 3.63) is 0 Å². The Morgan fingerprint density at radius 3 is 2.27 bits per heavy atom. The van der Waals surface area contributed by atoms with Crippen molar-refractivity contribution in [2.24, 2.45) is 5.92 Å². The summed E-state index contributed by atoms with van der Waals surface area (Å²) in [4.78, 5) is 10.6. The summed E-state index contributed by atoms with van der Waals surface area (Å²) in [5.74, 6) is 0.428. The molecule has 0 aliphatic rings. The number of rotatable bonds is 4. The van der Waals surface area contributed by atoms with Crippen molar-refractivity contribution in [1.82, 2.24) is 0 Å². The van der Waals surface area contributed by atoms with E-state index >= 15 is 0 Å². The summed E-state index contributed by atoms with van der Waals surface area (Å²) in [5.41, 5.74) is 0. The fraction of sp³-hybridized carbons (Fsp3) is 0.889. The van der Waals surface area contributed by atoms with Gasteiger partial charge < -0.3 is 4.74 Å². The van der Waals surface area contributed by atoms with Crippen LogP contribution in [0.15, 0.2) is 0 Å². The normalized spacial score (nSPS) is 13.2. The lowest BCUT2D eigenvalue weighted by Gasteiger charge is -2.16. The monoisotopic (exact) mass is 158 g/mol. The fourth-order valence-electron chi connectivity index (χ4n) is 1.06. The van der Waals surface area contributed by atoms with E-state index in [1.165, 1.54) is 6.92 Å². The van der Waals surface area contributed by atoms with Gasteiger partial charge in [0, 0.05) is 6.92 Å². The van der Waals surface area contributed by atoms with Crippen LogP contribution in [-0.2, 0) is 9.53 Å². The van der Waals surface area contributed by atoms with Gasteiger partial charge in [-0.2, -0.15) is 0 Å². The van der Waals surface area contributed by atoms with Crippen LogP contribution >= 0.6 is 0 Å². The molecule has 0 radical (unpaired) electrons. The molecule has 1 atom stereocenters. The highest BCUT2D eigenvalue weighted by molar-refractivity contribution is 5.66. The smallest absolute Gasteiger partial charge is 0.302 e. The number of carbonyl (C=O) groups excluding carboxylic acids is 1. The van der Waals surface area contributed by atoms with Crippen molar-refractivity contribution in [3.8, 4) is 0 Å². The van der Waals surface area contributed by atoms with Crippen molar-refractivity contribution >= 4 is 5.97 Å². The maximum atomic E-state index is 10.6. The second-order valence-corrected chi connectivity index (χ2v) is 3.27. The van der Waals surface area contributed by atoms with Crippen molar-refractivity contribution in [1.29, 1.82) is 0 Å². The van der Waals surface area contributed by atoms with E-state index in [1.807, 2.05) is 6.92 Å². The summed E-state index contributed by atoms with van der Waals surface area (Å²) in [7, 11) is 0. The van der Waals surface area contributed by atoms with E-state index < -0.39 is 0 Å². The predicted octanol–water partition coefficient (Wildman–Crippen LogP) is 2.37. The molecule has 0 aromatic carbocycles. The maximum absolute atomic E-state index is 10.6. The second-order valence-electron chi connectivity index (χ2n) is 3.27. The molecule has 0 saturated carbocycles. The zero-order valence-electron chi connectivity index (χ0n) is 7.89. The summed E-state index contributed by atoms with van der Waals surface area (Å²) in [5, 5.41) is 0. The van der Waals surface area contributed by atoms with Crippen molar-refractivity contribution < 1.29 is 9.53 Å². The van der Waals surface area contributed by atoms with Crippen LogP contribution in [0.4, 0.5) is 0 Å². The highest BCUT2D eigenvalue weighted by Gasteiger charge is 2.10. The van der Waals surface area contributed by atoms with Crippen molar-refractivity contribution in [2.75, 3.05) is 0 Å². The molecule has 0 aliphatic heterocycles. The summed E-state index contributed by atoms with van der Waals surface area (Å²) < 4.78 is 5.07. The Labute approximate surface area is 68.9 Å². The number of hydrogen-bond donors (Lipinski definition) is 0. The molecule has 1 unspecified atom stereocenters. The Balaban J connectivity index is 3.66. The topological polar surface area (TPSA) is 26.3 Å². The Bertz CT molecular complexity index is 119. The molecule has 0 heterocycles. The molecule has 0 fully saturated rings. The van der Waals surface area contributed by atoms with Gasteiger partial charge in [-0.15, -0.1) is 0 Å². The van der Waals surface area contributed by atoms with E-state index in [2.05, 4.69) is 13.8 Å². The van der Waals surface area contributed by atoms with Crippen LogP contribution in [0.1, 0.15) is 40.5 Å². The molecular formula is C9H18O2. The first-order valence-corrected chi connectivity index (χ1v) is 4.23. The quantitative estimate of drug-likeness (QED) is 0.587. The van der Waals surface area contributed by atoms with Crippen LogP contribution in [0.5, 0.6) is 0 Å². The first-order valence-electron chi connectivity index (χ1n) is 4.23. The van der Waals surface area contributed by atoms with E-state index in [0.29, 0.717) is 5.92 Å². The molecule has 0 spiro atoms. The molecule has 66 valence electrons. The zero-order valence-corrected chi connectivity index (χ0v) is 7.89. The molecule has 0 aliphatic carbocycles. The molecule has 0 saturated heterocycles. The van der Waals surface area contributed by atoms with Crippen LogP contribution in [0.25, 0.3) is 0 Å². The number of hydrogen-bond acceptors (Lipinski definition) is 2. The van der Waals surface area contributed by atoms with E-state index in [9.17, 15) is 4.79 Å². The van der Waals surface area contributed by atoms with E-state index in [0.717, 1.165) is 12.8 Å². The van der Waals surface area contributed by atoms with Crippen molar-refractivity contribution in [2.45, 2.75) is 46.6 Å². The lowest BCUT2D eigenvalue weighted by atomic mass is 10.0. The standard InChI is InChI=1S/C9H18O2/c1-5-9(6-7(2)3)11-8(4)10/h7,9H,5-6H2,1-4H3. The minimum Gasteiger partial charge on any atom is -0.463 e. The third-order valence-electron chi connectivity index (χ3n) is 1.52. The van der Waals surface area contributed by atoms with Gasteiger partial charge >= 0.3 is 5.97 Å². The molecule has 0 aromatic heterocycles. The largest absolute Gasteiger partial charge is 0.463 e. The van der Waals surface area contributed by atoms with Gasteiger partial charge in [-0.05, 0) is 18.8 Å². The Kier molecular flexibility index (Phi) is 4.92. The first-order chi connectivity index (χ1) is 5.06. The number of esters is 1. The summed E-state index contributed by atoms with van der Waals surface area (Å²) in [6, 6.07) is 0. The second kappa shape index (κ2) is 5.16. The lowest BCUT2D eigenvalue weighted by molar-refractivity contribution is -0.147. The highest BCUT2D eigenvalue weighted by Crippen LogP contribution is 2.11. The molecule has 0 rings (SSSR count). The lowest BCUT2D eigenvalue weighted by Crippen LogP contribution is -2.17. The Morgan fingerprint density at radius 2 is 2.00 bits per heavy atom. The van der Waals surface area contributed by atoms with Gasteiger partial charge in [0.15, 0.2) is 0 Å². The van der Waals surface area contributed by atoms with Crippen LogP contribution in [0.2, 0.25) is 0 Å². The van der Waals surface area contributed by atoms with E-state index in [-0.39, 0.29) is 12.1 Å². The Hall–Kier alpha value is -0.530. The van der Waals surface area contributed by atoms with Gasteiger partial charge in [-0.1, -0.05) is 20.8 Å². The number of carbonyl (C=O) groups is 1. The average molecular weight is 158 g/mol. The van der Waals surface area contributed by atoms with Crippen molar-refractivity contribution in [3.63, 3.8) is 0 Å². The molecular weight excluding hydrogens is 140 g/mol. The summed E-state index contributed by atoms with van der Waals surface area (Å²) in [6.07, 6.45) is 2.00. The first kappa shape index (κ1) is 10.5. The zero-order chi connectivity index (χ0) is 8.85. The Morgan fingerprint density at radius 1 is 1.45 bits per heavy atom. The third-order valence-corrected chi connectivity index (χ3v) is 1.52. The molecule has 11 heavy (non-hydrogen) atoms. The molecule has 0 aromatic rings. The van der Waals surface area contributed by atoms with Gasteiger partial charge in [0.05, 0.1) is 0 Å². The van der Waals surface area contributed by atoms with Crippen LogP contribution in [-0.4, -0.2) is 12.1 Å². The molecule has 2 nitrogen and oxygen atoms in total. The van der Waals surface area contributed by atoms with Crippen LogP contribution < -0.4 is 0 Å². The highest BCUT2D eigenvalue weighted by atomic mass is 16.5. The molecule has 2 heteroatoms. The van der Waals surface area contributed by atoms with Gasteiger partial charge in [-0.25, -0.2) is 0 Å². The van der Waals surface area contributed by atoms with Gasteiger partial charge in [0.25, 0.3) is 0 Å². The summed E-state index contributed by atoms with van der Waals surface area (Å²) >= 11 is 0. The third kappa shape index (κ3) is 5.89. The minimum absolute atomic E-state index is 0.118. The SMILES string of the molecule is CCC(CC(C)C)OC(C)=O. The average Bonchev–Trinajstić information content (AvgIpc) is 1.84. The molecule has 0 bridgehead atoms. The fourth-order valence-corrected chi connectivity index (χ4v) is 1.06. The van der Waals surface area contributed by atoms with Gasteiger partial charge in [0.1, 0.15) is 6.10 Å². The van der Waals surface area contributed by atoms with Crippen LogP contribution in [0, 0.1) is 5.92 Å². The van der Waals surface area contributed by atoms with Gasteiger partial charge in [0.2, 0.25) is 0 Å². The molecule has 0 N–H and O–H groups in total. The predicted molar refractivity (Wildman–Crippen MR) is 45.3 cm³/mol. The van der Waals surface area contributed by atoms with Gasteiger partial charge in [-0.3, -0.25) is 4.79 Å². The minimum atomic E-state index is -0.169.